The molecule has 1 saturated heterocycles. The van der Waals surface area contributed by atoms with E-state index in [2.05, 4.69) is 16.4 Å². The van der Waals surface area contributed by atoms with Crippen LogP contribution in [-0.4, -0.2) is 30.5 Å². The highest BCUT2D eigenvalue weighted by Gasteiger charge is 2.25. The standard InChI is InChI=1S/C13H17NO2S/c1-16-13(15)11-7-9-14(10-8-11)17-12-5-3-2-4-6-12/h2-6,11H,7-10H2,1H3. The Morgan fingerprint density at radius 3 is 2.53 bits per heavy atom. The number of piperidine rings is 1. The van der Waals surface area contributed by atoms with Gasteiger partial charge in [0.1, 0.15) is 0 Å². The second-order valence-electron chi connectivity index (χ2n) is 4.13. The highest BCUT2D eigenvalue weighted by Crippen LogP contribution is 2.28. The van der Waals surface area contributed by atoms with Crippen molar-refractivity contribution in [1.82, 2.24) is 4.31 Å². The van der Waals surface area contributed by atoms with Crippen molar-refractivity contribution in [2.45, 2.75) is 17.7 Å². The first-order valence-electron chi connectivity index (χ1n) is 5.85. The number of carbonyl (C=O) groups is 1. The third-order valence-electron chi connectivity index (χ3n) is 2.97. The molecule has 1 heterocycles. The van der Waals surface area contributed by atoms with Gasteiger partial charge < -0.3 is 4.74 Å². The number of ether oxygens (including phenoxy) is 1. The van der Waals surface area contributed by atoms with Gasteiger partial charge in [-0.3, -0.25) is 4.79 Å². The number of methoxy groups -OCH3 is 1. The van der Waals surface area contributed by atoms with E-state index in [0.717, 1.165) is 25.9 Å². The zero-order chi connectivity index (χ0) is 12.1. The quantitative estimate of drug-likeness (QED) is 0.610. The Bertz CT molecular complexity index is 361. The van der Waals surface area contributed by atoms with Crippen molar-refractivity contribution >= 4 is 17.9 Å². The van der Waals surface area contributed by atoms with E-state index in [1.54, 1.807) is 11.9 Å². The molecule has 17 heavy (non-hydrogen) atoms. The molecule has 0 N–H and O–H groups in total. The molecule has 1 aliphatic heterocycles. The van der Waals surface area contributed by atoms with Crippen molar-refractivity contribution in [2.75, 3.05) is 20.2 Å². The van der Waals surface area contributed by atoms with Crippen LogP contribution in [0.1, 0.15) is 12.8 Å². The van der Waals surface area contributed by atoms with Gasteiger partial charge in [0.15, 0.2) is 0 Å². The van der Waals surface area contributed by atoms with Crippen LogP contribution in [0.25, 0.3) is 0 Å². The van der Waals surface area contributed by atoms with Crippen LogP contribution >= 0.6 is 11.9 Å². The van der Waals surface area contributed by atoms with E-state index in [1.165, 1.54) is 12.0 Å². The summed E-state index contributed by atoms with van der Waals surface area (Å²) in [6.07, 6.45) is 1.79. The zero-order valence-electron chi connectivity index (χ0n) is 9.96. The number of hydrogen-bond donors (Lipinski definition) is 0. The summed E-state index contributed by atoms with van der Waals surface area (Å²) in [4.78, 5) is 12.6. The second kappa shape index (κ2) is 6.07. The van der Waals surface area contributed by atoms with Gasteiger partial charge in [0.25, 0.3) is 0 Å². The van der Waals surface area contributed by atoms with E-state index in [4.69, 9.17) is 4.74 Å². The summed E-state index contributed by atoms with van der Waals surface area (Å²) in [7, 11) is 1.47. The van der Waals surface area contributed by atoms with Crippen LogP contribution in [-0.2, 0) is 9.53 Å². The number of hydrogen-bond acceptors (Lipinski definition) is 4. The average molecular weight is 251 g/mol. The van der Waals surface area contributed by atoms with Gasteiger partial charge in [-0.1, -0.05) is 18.2 Å². The second-order valence-corrected chi connectivity index (χ2v) is 5.30. The maximum absolute atomic E-state index is 11.4. The summed E-state index contributed by atoms with van der Waals surface area (Å²) >= 11 is 1.77. The van der Waals surface area contributed by atoms with Crippen LogP contribution in [0.5, 0.6) is 0 Å². The lowest BCUT2D eigenvalue weighted by Gasteiger charge is -2.29. The minimum atomic E-state index is -0.0608. The van der Waals surface area contributed by atoms with Crippen molar-refractivity contribution in [1.29, 1.82) is 0 Å². The smallest absolute Gasteiger partial charge is 0.308 e. The van der Waals surface area contributed by atoms with Crippen molar-refractivity contribution in [3.8, 4) is 0 Å². The molecular formula is C13H17NO2S. The van der Waals surface area contributed by atoms with Crippen LogP contribution in [0.3, 0.4) is 0 Å². The molecule has 92 valence electrons. The summed E-state index contributed by atoms with van der Waals surface area (Å²) in [6.45, 7) is 1.89. The van der Waals surface area contributed by atoms with E-state index in [1.807, 2.05) is 18.2 Å². The molecule has 0 atom stereocenters. The van der Waals surface area contributed by atoms with E-state index in [9.17, 15) is 4.79 Å². The highest BCUT2D eigenvalue weighted by molar-refractivity contribution is 7.97. The van der Waals surface area contributed by atoms with Crippen molar-refractivity contribution in [3.05, 3.63) is 30.3 Å². The molecule has 0 spiro atoms. The predicted octanol–water partition coefficient (Wildman–Crippen LogP) is 2.58. The molecule has 0 aliphatic carbocycles. The molecule has 3 nitrogen and oxygen atoms in total. The SMILES string of the molecule is COC(=O)C1CCN(Sc2ccccc2)CC1. The Labute approximate surface area is 106 Å². The molecule has 1 fully saturated rings. The topological polar surface area (TPSA) is 29.5 Å². The Morgan fingerprint density at radius 1 is 1.29 bits per heavy atom. The van der Waals surface area contributed by atoms with Crippen LogP contribution in [0.2, 0.25) is 0 Å². The Kier molecular flexibility index (Phi) is 4.45. The largest absolute Gasteiger partial charge is 0.469 e. The van der Waals surface area contributed by atoms with Gasteiger partial charge in [-0.05, 0) is 36.9 Å². The lowest BCUT2D eigenvalue weighted by atomic mass is 9.99. The van der Waals surface area contributed by atoms with E-state index in [-0.39, 0.29) is 11.9 Å². The molecule has 2 rings (SSSR count). The average Bonchev–Trinajstić information content (AvgIpc) is 2.40. The fourth-order valence-corrected chi connectivity index (χ4v) is 2.95. The monoisotopic (exact) mass is 251 g/mol. The highest BCUT2D eigenvalue weighted by atomic mass is 32.2. The van der Waals surface area contributed by atoms with Crippen LogP contribution in [0.4, 0.5) is 0 Å². The summed E-state index contributed by atoms with van der Waals surface area (Å²) in [6, 6.07) is 10.3. The van der Waals surface area contributed by atoms with Crippen molar-refractivity contribution in [3.63, 3.8) is 0 Å². The molecule has 0 aromatic heterocycles. The zero-order valence-corrected chi connectivity index (χ0v) is 10.8. The first-order chi connectivity index (χ1) is 8.29. The number of esters is 1. The molecule has 0 amide bonds. The maximum atomic E-state index is 11.4. The van der Waals surface area contributed by atoms with Gasteiger partial charge in [0, 0.05) is 18.0 Å². The van der Waals surface area contributed by atoms with Gasteiger partial charge in [-0.2, -0.15) is 0 Å². The minimum Gasteiger partial charge on any atom is -0.469 e. The molecule has 0 saturated carbocycles. The van der Waals surface area contributed by atoms with Crippen molar-refractivity contribution in [2.24, 2.45) is 5.92 Å². The van der Waals surface area contributed by atoms with Gasteiger partial charge in [-0.15, -0.1) is 0 Å². The third kappa shape index (κ3) is 3.48. The first-order valence-corrected chi connectivity index (χ1v) is 6.62. The number of carbonyl (C=O) groups excluding carboxylic acids is 1. The molecular weight excluding hydrogens is 234 g/mol. The third-order valence-corrected chi connectivity index (χ3v) is 4.07. The van der Waals surface area contributed by atoms with Crippen LogP contribution in [0.15, 0.2) is 35.2 Å². The van der Waals surface area contributed by atoms with Crippen LogP contribution in [0, 0.1) is 5.92 Å². The Hall–Kier alpha value is -1.00. The predicted molar refractivity (Wildman–Crippen MR) is 68.6 cm³/mol. The first kappa shape index (κ1) is 12.5. The Balaban J connectivity index is 1.82. The summed E-state index contributed by atoms with van der Waals surface area (Å²) in [5.41, 5.74) is 0. The van der Waals surface area contributed by atoms with E-state index in [0.29, 0.717) is 0 Å². The number of nitrogens with zero attached hydrogens (tertiary/aromatic N) is 1. The minimum absolute atomic E-state index is 0.0608. The van der Waals surface area contributed by atoms with E-state index < -0.39 is 0 Å². The summed E-state index contributed by atoms with van der Waals surface area (Å²) < 4.78 is 7.09. The van der Waals surface area contributed by atoms with Gasteiger partial charge >= 0.3 is 5.97 Å². The molecule has 1 aromatic carbocycles. The number of benzene rings is 1. The van der Waals surface area contributed by atoms with Gasteiger partial charge in [0.05, 0.1) is 13.0 Å². The molecule has 0 bridgehead atoms. The molecule has 1 aromatic rings. The molecule has 4 heteroatoms. The summed E-state index contributed by atoms with van der Waals surface area (Å²) in [5, 5.41) is 0. The lowest BCUT2D eigenvalue weighted by molar-refractivity contribution is -0.146. The van der Waals surface area contributed by atoms with Crippen LogP contribution < -0.4 is 0 Å². The van der Waals surface area contributed by atoms with Gasteiger partial charge in [0.2, 0.25) is 0 Å². The molecule has 0 unspecified atom stereocenters. The number of rotatable bonds is 3. The van der Waals surface area contributed by atoms with Gasteiger partial charge in [-0.25, -0.2) is 4.31 Å². The maximum Gasteiger partial charge on any atom is 0.308 e. The van der Waals surface area contributed by atoms with E-state index >= 15 is 0 Å². The molecule has 1 aliphatic rings. The fourth-order valence-electron chi connectivity index (χ4n) is 1.98. The fraction of sp³-hybridized carbons (Fsp3) is 0.462. The van der Waals surface area contributed by atoms with Crippen molar-refractivity contribution < 1.29 is 9.53 Å². The Morgan fingerprint density at radius 2 is 1.94 bits per heavy atom. The molecule has 0 radical (unpaired) electrons. The lowest BCUT2D eigenvalue weighted by Crippen LogP contribution is -2.32. The normalized spacial score (nSPS) is 17.9. The summed E-state index contributed by atoms with van der Waals surface area (Å²) in [5.74, 6) is 0.0296.